The highest BCUT2D eigenvalue weighted by Crippen LogP contribution is 2.43. The van der Waals surface area contributed by atoms with E-state index in [0.29, 0.717) is 5.91 Å². The summed E-state index contributed by atoms with van der Waals surface area (Å²) in [5, 5.41) is 10.8. The summed E-state index contributed by atoms with van der Waals surface area (Å²) in [7, 11) is 0. The zero-order valence-corrected chi connectivity index (χ0v) is 15.5. The van der Waals surface area contributed by atoms with Crippen molar-refractivity contribution in [1.82, 2.24) is 15.1 Å². The van der Waals surface area contributed by atoms with Crippen molar-refractivity contribution in [3.63, 3.8) is 0 Å². The summed E-state index contributed by atoms with van der Waals surface area (Å²) < 4.78 is 0. The monoisotopic (exact) mass is 348 g/mol. The van der Waals surface area contributed by atoms with Crippen molar-refractivity contribution >= 4 is 22.4 Å². The number of carbonyl (C=O) groups excluding carboxylic acids is 1. The predicted octanol–water partition coefficient (Wildman–Crippen LogP) is 3.11. The highest BCUT2D eigenvalue weighted by atomic mass is 32.1. The normalized spacial score (nSPS) is 28.0. The first kappa shape index (κ1) is 16.3. The Balaban J connectivity index is 1.43. The van der Waals surface area contributed by atoms with Gasteiger partial charge in [-0.15, -0.1) is 10.2 Å². The third kappa shape index (κ3) is 2.93. The van der Waals surface area contributed by atoms with Crippen molar-refractivity contribution in [1.29, 1.82) is 0 Å². The van der Waals surface area contributed by atoms with Crippen molar-refractivity contribution in [3.8, 4) is 0 Å². The zero-order valence-electron chi connectivity index (χ0n) is 14.7. The van der Waals surface area contributed by atoms with Crippen LogP contribution in [-0.2, 0) is 11.2 Å². The van der Waals surface area contributed by atoms with Crippen molar-refractivity contribution in [3.05, 3.63) is 5.01 Å². The standard InChI is InChI=1S/C18H28N4OS/c1-2-5-15-19-20-17(24-15)22-11-9-18(13-22)8-4-10-21(16(18)23)12-14-6-3-7-14/h14H,2-13H2,1H3/t18-/m0/s1. The van der Waals surface area contributed by atoms with Gasteiger partial charge in [0, 0.05) is 32.6 Å². The summed E-state index contributed by atoms with van der Waals surface area (Å²) >= 11 is 1.71. The molecule has 0 bridgehead atoms. The Hall–Kier alpha value is -1.17. The topological polar surface area (TPSA) is 49.3 Å². The van der Waals surface area contributed by atoms with Crippen LogP contribution >= 0.6 is 11.3 Å². The molecule has 2 saturated heterocycles. The molecule has 5 nitrogen and oxygen atoms in total. The van der Waals surface area contributed by atoms with Crippen LogP contribution in [0.15, 0.2) is 0 Å². The number of nitrogens with zero attached hydrogens (tertiary/aromatic N) is 4. The van der Waals surface area contributed by atoms with Gasteiger partial charge in [0.2, 0.25) is 11.0 Å². The Labute approximate surface area is 148 Å². The molecule has 1 aromatic heterocycles. The van der Waals surface area contributed by atoms with E-state index in [4.69, 9.17) is 0 Å². The fourth-order valence-corrected chi connectivity index (χ4v) is 5.38. The van der Waals surface area contributed by atoms with E-state index in [1.807, 2.05) is 0 Å². The maximum atomic E-state index is 13.2. The second-order valence-corrected chi connectivity index (χ2v) is 8.87. The molecule has 1 aliphatic carbocycles. The zero-order chi connectivity index (χ0) is 16.6. The molecule has 0 unspecified atom stereocenters. The van der Waals surface area contributed by atoms with Crippen LogP contribution in [0.2, 0.25) is 0 Å². The fraction of sp³-hybridized carbons (Fsp3) is 0.833. The number of hydrogen-bond donors (Lipinski definition) is 0. The van der Waals surface area contributed by atoms with Crippen LogP contribution in [0, 0.1) is 11.3 Å². The number of hydrogen-bond acceptors (Lipinski definition) is 5. The average Bonchev–Trinajstić information content (AvgIpc) is 3.15. The molecule has 3 aliphatic rings. The number of rotatable bonds is 5. The van der Waals surface area contributed by atoms with E-state index in [0.717, 1.165) is 74.3 Å². The number of amides is 1. The lowest BCUT2D eigenvalue weighted by atomic mass is 9.77. The van der Waals surface area contributed by atoms with Crippen LogP contribution < -0.4 is 4.90 Å². The second kappa shape index (κ2) is 6.62. The van der Waals surface area contributed by atoms with Crippen molar-refractivity contribution < 1.29 is 4.79 Å². The first-order valence-corrected chi connectivity index (χ1v) is 10.4. The SMILES string of the molecule is CCCc1nnc(N2CC[C@@]3(CCCN(CC4CCC4)C3=O)C2)s1. The van der Waals surface area contributed by atoms with E-state index in [1.54, 1.807) is 11.3 Å². The van der Waals surface area contributed by atoms with Gasteiger partial charge < -0.3 is 9.80 Å². The molecule has 1 aromatic rings. The smallest absolute Gasteiger partial charge is 0.230 e. The van der Waals surface area contributed by atoms with Gasteiger partial charge in [0.15, 0.2) is 0 Å². The lowest BCUT2D eigenvalue weighted by molar-refractivity contribution is -0.146. The molecule has 1 saturated carbocycles. The molecule has 2 aliphatic heterocycles. The number of piperidine rings is 1. The summed E-state index contributed by atoms with van der Waals surface area (Å²) in [6, 6.07) is 0. The summed E-state index contributed by atoms with van der Waals surface area (Å²) in [6.07, 6.45) is 9.27. The van der Waals surface area contributed by atoms with Gasteiger partial charge in [-0.1, -0.05) is 24.7 Å². The molecule has 132 valence electrons. The van der Waals surface area contributed by atoms with Crippen LogP contribution in [0.3, 0.4) is 0 Å². The minimum Gasteiger partial charge on any atom is -0.346 e. The van der Waals surface area contributed by atoms with Crippen LogP contribution in [0.5, 0.6) is 0 Å². The van der Waals surface area contributed by atoms with E-state index >= 15 is 0 Å². The Kier molecular flexibility index (Phi) is 4.50. The Bertz CT molecular complexity index is 600. The van der Waals surface area contributed by atoms with E-state index < -0.39 is 0 Å². The molecule has 24 heavy (non-hydrogen) atoms. The lowest BCUT2D eigenvalue weighted by Crippen LogP contribution is -2.51. The largest absolute Gasteiger partial charge is 0.346 e. The van der Waals surface area contributed by atoms with Crippen LogP contribution in [-0.4, -0.2) is 47.2 Å². The fourth-order valence-electron chi connectivity index (χ4n) is 4.42. The molecule has 0 radical (unpaired) electrons. The molecule has 0 aromatic carbocycles. The third-order valence-electron chi connectivity index (χ3n) is 6.07. The van der Waals surface area contributed by atoms with Crippen LogP contribution in [0.4, 0.5) is 5.13 Å². The van der Waals surface area contributed by atoms with Gasteiger partial charge in [-0.05, 0) is 44.4 Å². The van der Waals surface area contributed by atoms with Crippen LogP contribution in [0.25, 0.3) is 0 Å². The maximum absolute atomic E-state index is 13.2. The van der Waals surface area contributed by atoms with E-state index in [1.165, 1.54) is 19.3 Å². The van der Waals surface area contributed by atoms with E-state index in [-0.39, 0.29) is 5.41 Å². The first-order chi connectivity index (χ1) is 11.7. The number of likely N-dealkylation sites (tertiary alicyclic amines) is 1. The molecule has 4 rings (SSSR count). The third-order valence-corrected chi connectivity index (χ3v) is 7.12. The molecular formula is C18H28N4OS. The van der Waals surface area contributed by atoms with Gasteiger partial charge in [-0.25, -0.2) is 0 Å². The molecule has 6 heteroatoms. The Morgan fingerprint density at radius 1 is 1.21 bits per heavy atom. The average molecular weight is 349 g/mol. The molecule has 0 N–H and O–H groups in total. The maximum Gasteiger partial charge on any atom is 0.230 e. The Morgan fingerprint density at radius 3 is 2.83 bits per heavy atom. The number of carbonyl (C=O) groups is 1. The molecule has 1 spiro atoms. The minimum absolute atomic E-state index is 0.154. The first-order valence-electron chi connectivity index (χ1n) is 9.57. The van der Waals surface area contributed by atoms with Crippen molar-refractivity contribution in [2.24, 2.45) is 11.3 Å². The second-order valence-electron chi connectivity index (χ2n) is 7.83. The van der Waals surface area contributed by atoms with Crippen molar-refractivity contribution in [2.45, 2.75) is 58.3 Å². The summed E-state index contributed by atoms with van der Waals surface area (Å²) in [4.78, 5) is 17.7. The molecule has 3 heterocycles. The minimum atomic E-state index is -0.154. The molecular weight excluding hydrogens is 320 g/mol. The highest BCUT2D eigenvalue weighted by Gasteiger charge is 2.49. The van der Waals surface area contributed by atoms with Gasteiger partial charge in [0.05, 0.1) is 5.41 Å². The number of aryl methyl sites for hydroxylation is 1. The highest BCUT2D eigenvalue weighted by molar-refractivity contribution is 7.15. The lowest BCUT2D eigenvalue weighted by Gasteiger charge is -2.42. The molecule has 3 fully saturated rings. The van der Waals surface area contributed by atoms with E-state index in [9.17, 15) is 4.79 Å². The summed E-state index contributed by atoms with van der Waals surface area (Å²) in [5.74, 6) is 1.18. The van der Waals surface area contributed by atoms with Gasteiger partial charge in [-0.2, -0.15) is 0 Å². The number of anilines is 1. The predicted molar refractivity (Wildman–Crippen MR) is 96.3 cm³/mol. The quantitative estimate of drug-likeness (QED) is 0.820. The molecule has 1 atom stereocenters. The molecule has 1 amide bonds. The summed E-state index contributed by atoms with van der Waals surface area (Å²) in [6.45, 7) is 5.93. The summed E-state index contributed by atoms with van der Waals surface area (Å²) in [5.41, 5.74) is -0.154. The van der Waals surface area contributed by atoms with Crippen LogP contribution in [0.1, 0.15) is 56.9 Å². The van der Waals surface area contributed by atoms with Gasteiger partial charge in [-0.3, -0.25) is 4.79 Å². The Morgan fingerprint density at radius 2 is 2.08 bits per heavy atom. The van der Waals surface area contributed by atoms with Gasteiger partial charge in [0.25, 0.3) is 0 Å². The van der Waals surface area contributed by atoms with Gasteiger partial charge >= 0.3 is 0 Å². The van der Waals surface area contributed by atoms with Gasteiger partial charge in [0.1, 0.15) is 5.01 Å². The van der Waals surface area contributed by atoms with E-state index in [2.05, 4.69) is 26.9 Å². The number of aromatic nitrogens is 2. The van der Waals surface area contributed by atoms with Crippen molar-refractivity contribution in [2.75, 3.05) is 31.1 Å².